The number of ketones is 1. The normalized spacial score (nSPS) is 11.5. The van der Waals surface area contributed by atoms with Crippen LogP contribution in [0.2, 0.25) is 0 Å². The number of hydrogen-bond donors (Lipinski definition) is 1. The molecule has 1 N–H and O–H groups in total. The molecule has 268 valence electrons. The van der Waals surface area contributed by atoms with Gasteiger partial charge in [-0.05, 0) is 60.9 Å². The molecule has 50 heavy (non-hydrogen) atoms. The van der Waals surface area contributed by atoms with E-state index in [-0.39, 0.29) is 36.5 Å². The van der Waals surface area contributed by atoms with Gasteiger partial charge in [0.25, 0.3) is 5.91 Å². The Kier molecular flexibility index (Phi) is 17.0. The van der Waals surface area contributed by atoms with Gasteiger partial charge in [-0.2, -0.15) is 10.2 Å². The Balaban J connectivity index is 0.00000433. The number of quaternary nitrogens is 2. The van der Waals surface area contributed by atoms with Gasteiger partial charge in [-0.1, -0.05) is 81.3 Å². The zero-order chi connectivity index (χ0) is 34.6. The lowest BCUT2D eigenvalue weighted by Crippen LogP contribution is -3.00. The first-order chi connectivity index (χ1) is 22.9. The van der Waals surface area contributed by atoms with E-state index in [0.717, 1.165) is 40.7 Å². The van der Waals surface area contributed by atoms with Crippen LogP contribution in [0.1, 0.15) is 76.9 Å². The van der Waals surface area contributed by atoms with Gasteiger partial charge >= 0.3 is 0 Å². The first-order valence-corrected chi connectivity index (χ1v) is 17.2. The van der Waals surface area contributed by atoms with Crippen molar-refractivity contribution in [2.75, 3.05) is 46.6 Å². The molecular formula is C41H53Cl2N5O2. The van der Waals surface area contributed by atoms with E-state index < -0.39 is 0 Å². The van der Waals surface area contributed by atoms with Crippen LogP contribution in [0.25, 0.3) is 0 Å². The molecule has 4 rings (SSSR count). The summed E-state index contributed by atoms with van der Waals surface area (Å²) in [6.07, 6.45) is 5.08. The Labute approximate surface area is 311 Å². The van der Waals surface area contributed by atoms with Crippen molar-refractivity contribution < 1.29 is 43.4 Å². The Morgan fingerprint density at radius 1 is 0.600 bits per heavy atom. The molecule has 4 aromatic rings. The minimum Gasteiger partial charge on any atom is -1.00 e. The molecule has 0 radical (unpaired) electrons. The Morgan fingerprint density at radius 2 is 1.08 bits per heavy atom. The summed E-state index contributed by atoms with van der Waals surface area (Å²) in [5.74, 6) is -0.0965. The summed E-state index contributed by atoms with van der Waals surface area (Å²) in [5.41, 5.74) is 6.59. The highest BCUT2D eigenvalue weighted by atomic mass is 35.5. The van der Waals surface area contributed by atoms with Crippen LogP contribution < -0.4 is 30.1 Å². The van der Waals surface area contributed by atoms with E-state index in [1.807, 2.05) is 78.9 Å². The monoisotopic (exact) mass is 717 g/mol. The molecule has 0 bridgehead atoms. The van der Waals surface area contributed by atoms with Gasteiger partial charge in [0, 0.05) is 34.4 Å². The Morgan fingerprint density at radius 3 is 1.60 bits per heavy atom. The van der Waals surface area contributed by atoms with E-state index in [9.17, 15) is 9.59 Å². The molecule has 0 unspecified atom stereocenters. The summed E-state index contributed by atoms with van der Waals surface area (Å²) < 4.78 is 1.86. The predicted octanol–water partition coefficient (Wildman–Crippen LogP) is 3.54. The van der Waals surface area contributed by atoms with E-state index >= 15 is 0 Å². The van der Waals surface area contributed by atoms with Crippen molar-refractivity contribution in [1.82, 2.24) is 0 Å². The zero-order valence-corrected chi connectivity index (χ0v) is 32.0. The summed E-state index contributed by atoms with van der Waals surface area (Å²) in [6.45, 7) is 8.58. The second-order valence-electron chi connectivity index (χ2n) is 14.2. The summed E-state index contributed by atoms with van der Waals surface area (Å²) in [6, 6.07) is 30.8. The number of hydrogen-bond acceptors (Lipinski definition) is 4. The van der Waals surface area contributed by atoms with Crippen LogP contribution in [-0.2, 0) is 19.5 Å². The fourth-order valence-corrected chi connectivity index (χ4v) is 5.86. The molecule has 0 heterocycles. The number of rotatable bonds is 17. The number of nitrogens with one attached hydrogen (secondary N) is 1. The minimum atomic E-state index is -0.169. The SMILES string of the molecule is CCCC[N+](C)(C)Cc1ccc(C(=O)Cc2cccc(N=Nc3cccc(NC(=O)c4ccc(C[N+](C)(C)CCCC)cc4)c3)c2)cc1.[Cl-].[Cl-]. The van der Waals surface area contributed by atoms with Crippen LogP contribution in [0.3, 0.4) is 0 Å². The lowest BCUT2D eigenvalue weighted by molar-refractivity contribution is -0.903. The van der Waals surface area contributed by atoms with Crippen molar-refractivity contribution in [3.05, 3.63) is 125 Å². The quantitative estimate of drug-likeness (QED) is 0.103. The molecule has 1 amide bonds. The predicted molar refractivity (Wildman–Crippen MR) is 197 cm³/mol. The number of carbonyl (C=O) groups excluding carboxylic acids is 2. The molecule has 4 aromatic carbocycles. The number of halogens is 2. The molecule has 0 aromatic heterocycles. The number of Topliss-reactive ketones (excluding diaryl/α,β-unsaturated/α-hetero) is 1. The first-order valence-electron chi connectivity index (χ1n) is 17.2. The topological polar surface area (TPSA) is 70.9 Å². The van der Waals surface area contributed by atoms with Crippen molar-refractivity contribution in [3.8, 4) is 0 Å². The number of benzene rings is 4. The van der Waals surface area contributed by atoms with E-state index in [0.29, 0.717) is 34.6 Å². The maximum atomic E-state index is 13.1. The van der Waals surface area contributed by atoms with Crippen molar-refractivity contribution in [2.45, 2.75) is 59.0 Å². The molecule has 9 heteroatoms. The number of anilines is 1. The molecule has 7 nitrogen and oxygen atoms in total. The number of amides is 1. The molecular weight excluding hydrogens is 665 g/mol. The standard InChI is InChI=1S/C41H52N5O2.2ClH/c1-7-9-25-45(3,4)30-32-17-21-35(22-18-32)40(47)28-34-13-11-15-38(27-34)43-44-39-16-12-14-37(29-39)42-41(48)36-23-19-33(20-24-36)31-46(5,6)26-10-8-2;;/h11-24,27,29H,7-10,25-26,28,30-31H2,1-6H3;2*1H/q+1;;/p-1. The lowest BCUT2D eigenvalue weighted by Gasteiger charge is -2.29. The fourth-order valence-electron chi connectivity index (χ4n) is 5.86. The van der Waals surface area contributed by atoms with Gasteiger partial charge in [0.15, 0.2) is 5.78 Å². The number of nitrogens with zero attached hydrogens (tertiary/aromatic N) is 4. The highest BCUT2D eigenvalue weighted by Crippen LogP contribution is 2.24. The van der Waals surface area contributed by atoms with E-state index in [2.05, 4.69) is 69.7 Å². The van der Waals surface area contributed by atoms with Gasteiger partial charge in [-0.15, -0.1) is 0 Å². The first kappa shape index (κ1) is 42.3. The Hall–Kier alpha value is -3.88. The van der Waals surface area contributed by atoms with Crippen LogP contribution in [-0.4, -0.2) is 61.9 Å². The molecule has 0 aliphatic rings. The number of azo groups is 1. The number of carbonyl (C=O) groups is 2. The average Bonchev–Trinajstić information content (AvgIpc) is 3.06. The zero-order valence-electron chi connectivity index (χ0n) is 30.5. The molecule has 0 spiro atoms. The molecule has 0 atom stereocenters. The summed E-state index contributed by atoms with van der Waals surface area (Å²) >= 11 is 0. The molecule has 0 saturated carbocycles. The second-order valence-corrected chi connectivity index (χ2v) is 14.2. The maximum Gasteiger partial charge on any atom is 0.255 e. The van der Waals surface area contributed by atoms with Crippen LogP contribution >= 0.6 is 0 Å². The van der Waals surface area contributed by atoms with Crippen molar-refractivity contribution in [1.29, 1.82) is 0 Å². The van der Waals surface area contributed by atoms with Crippen LogP contribution in [0, 0.1) is 0 Å². The lowest BCUT2D eigenvalue weighted by atomic mass is 10.0. The average molecular weight is 719 g/mol. The second kappa shape index (κ2) is 20.1. The third-order valence-electron chi connectivity index (χ3n) is 8.61. The Bertz CT molecular complexity index is 1560. The molecule has 0 aliphatic heterocycles. The minimum absolute atomic E-state index is 0. The summed E-state index contributed by atoms with van der Waals surface area (Å²) in [7, 11) is 9.00. The molecule has 0 fully saturated rings. The van der Waals surface area contributed by atoms with E-state index in [4.69, 9.17) is 0 Å². The number of unbranched alkanes of at least 4 members (excludes halogenated alkanes) is 2. The van der Waals surface area contributed by atoms with Crippen LogP contribution in [0.5, 0.6) is 0 Å². The van der Waals surface area contributed by atoms with Gasteiger partial charge < -0.3 is 39.1 Å². The van der Waals surface area contributed by atoms with Gasteiger partial charge in [0.2, 0.25) is 0 Å². The third kappa shape index (κ3) is 13.8. The highest BCUT2D eigenvalue weighted by Gasteiger charge is 2.17. The van der Waals surface area contributed by atoms with Crippen molar-refractivity contribution in [2.24, 2.45) is 10.2 Å². The largest absolute Gasteiger partial charge is 1.00 e. The van der Waals surface area contributed by atoms with Crippen molar-refractivity contribution in [3.63, 3.8) is 0 Å². The van der Waals surface area contributed by atoms with E-state index in [1.165, 1.54) is 36.8 Å². The van der Waals surface area contributed by atoms with Crippen molar-refractivity contribution >= 4 is 28.8 Å². The van der Waals surface area contributed by atoms with Gasteiger partial charge in [-0.3, -0.25) is 9.59 Å². The molecule has 0 saturated heterocycles. The summed E-state index contributed by atoms with van der Waals surface area (Å²) in [4.78, 5) is 26.1. The van der Waals surface area contributed by atoms with Gasteiger partial charge in [0.05, 0.1) is 52.7 Å². The third-order valence-corrected chi connectivity index (χ3v) is 8.61. The van der Waals surface area contributed by atoms with Gasteiger partial charge in [-0.25, -0.2) is 0 Å². The summed E-state index contributed by atoms with van der Waals surface area (Å²) in [5, 5.41) is 11.8. The fraction of sp³-hybridized carbons (Fsp3) is 0.366. The van der Waals surface area contributed by atoms with E-state index in [1.54, 1.807) is 6.07 Å². The van der Waals surface area contributed by atoms with Crippen LogP contribution in [0.15, 0.2) is 107 Å². The smallest absolute Gasteiger partial charge is 0.255 e. The maximum absolute atomic E-state index is 13.1. The van der Waals surface area contributed by atoms with Crippen LogP contribution in [0.4, 0.5) is 17.1 Å². The highest BCUT2D eigenvalue weighted by molar-refractivity contribution is 6.04. The molecule has 0 aliphatic carbocycles. The van der Waals surface area contributed by atoms with Gasteiger partial charge in [0.1, 0.15) is 13.1 Å².